The fourth-order valence-electron chi connectivity index (χ4n) is 5.16. The van der Waals surface area contributed by atoms with E-state index in [-0.39, 0.29) is 30.0 Å². The highest BCUT2D eigenvalue weighted by atomic mass is 32.1. The monoisotopic (exact) mass is 659 g/mol. The van der Waals surface area contributed by atoms with Crippen LogP contribution in [0.5, 0.6) is 23.0 Å². The van der Waals surface area contributed by atoms with Gasteiger partial charge in [-0.05, 0) is 79.9 Å². The lowest BCUT2D eigenvalue weighted by Crippen LogP contribution is -2.40. The summed E-state index contributed by atoms with van der Waals surface area (Å²) in [5, 5.41) is 10.9. The molecular formula is C34H33N3O9S. The second-order valence-electron chi connectivity index (χ2n) is 10.3. The van der Waals surface area contributed by atoms with Crippen molar-refractivity contribution in [2.75, 3.05) is 27.4 Å². The molecule has 1 aliphatic heterocycles. The maximum atomic E-state index is 14.1. The van der Waals surface area contributed by atoms with Gasteiger partial charge in [0.1, 0.15) is 6.61 Å². The summed E-state index contributed by atoms with van der Waals surface area (Å²) in [6.45, 7) is 6.03. The average Bonchev–Trinajstić information content (AvgIpc) is 3.37. The number of carbonyl (C=O) groups excluding carboxylic acids is 1. The largest absolute Gasteiger partial charge is 0.493 e. The third-order valence-electron chi connectivity index (χ3n) is 7.35. The molecule has 1 atom stereocenters. The van der Waals surface area contributed by atoms with Crippen LogP contribution in [0.2, 0.25) is 0 Å². The molecule has 1 aromatic heterocycles. The highest BCUT2D eigenvalue weighted by Gasteiger charge is 2.34. The Morgan fingerprint density at radius 2 is 1.68 bits per heavy atom. The molecule has 4 aromatic rings. The number of thiazole rings is 1. The van der Waals surface area contributed by atoms with Crippen molar-refractivity contribution in [2.45, 2.75) is 33.4 Å². The van der Waals surface area contributed by atoms with Gasteiger partial charge in [-0.3, -0.25) is 19.5 Å². The molecule has 5 rings (SSSR count). The standard InChI is InChI=1S/C34H33N3O9S/c1-6-44-28-18-23(11-15-25(28)42-4)31-30(33(39)45-7-2)20(3)35-34-36(31)32(38)29(47-34)17-22-10-14-26(27(16-22)43-5)46-19-21-8-12-24(13-9-21)37(40)41/h8-18,31H,6-7,19H2,1-5H3/b29-17-/t31-/m0/s1. The Morgan fingerprint density at radius 1 is 0.957 bits per heavy atom. The summed E-state index contributed by atoms with van der Waals surface area (Å²) >= 11 is 1.20. The van der Waals surface area contributed by atoms with Gasteiger partial charge in [0.2, 0.25) is 0 Å². The molecule has 13 heteroatoms. The first-order valence-electron chi connectivity index (χ1n) is 14.7. The predicted octanol–water partition coefficient (Wildman–Crippen LogP) is 4.70. The summed E-state index contributed by atoms with van der Waals surface area (Å²) in [6, 6.07) is 15.8. The fourth-order valence-corrected chi connectivity index (χ4v) is 6.20. The number of hydrogen-bond donors (Lipinski definition) is 0. The van der Waals surface area contributed by atoms with E-state index in [1.54, 1.807) is 75.6 Å². The van der Waals surface area contributed by atoms with Gasteiger partial charge in [-0.1, -0.05) is 23.5 Å². The number of methoxy groups -OCH3 is 2. The minimum atomic E-state index is -0.817. The molecule has 0 radical (unpaired) electrons. The molecule has 0 aliphatic carbocycles. The molecule has 0 unspecified atom stereocenters. The van der Waals surface area contributed by atoms with E-state index < -0.39 is 16.9 Å². The number of fused-ring (bicyclic) bond motifs is 1. The maximum absolute atomic E-state index is 14.1. The van der Waals surface area contributed by atoms with Crippen molar-refractivity contribution in [3.05, 3.63) is 118 Å². The molecule has 0 amide bonds. The highest BCUT2D eigenvalue weighted by Crippen LogP contribution is 2.36. The van der Waals surface area contributed by atoms with E-state index in [1.807, 2.05) is 6.92 Å². The lowest BCUT2D eigenvalue weighted by atomic mass is 9.95. The highest BCUT2D eigenvalue weighted by molar-refractivity contribution is 7.07. The molecule has 0 fully saturated rings. The van der Waals surface area contributed by atoms with Crippen molar-refractivity contribution < 1.29 is 33.4 Å². The van der Waals surface area contributed by atoms with Gasteiger partial charge in [-0.15, -0.1) is 0 Å². The van der Waals surface area contributed by atoms with E-state index in [2.05, 4.69) is 4.99 Å². The van der Waals surface area contributed by atoms with Crippen molar-refractivity contribution in [3.8, 4) is 23.0 Å². The summed E-state index contributed by atoms with van der Waals surface area (Å²) in [6.07, 6.45) is 1.73. The van der Waals surface area contributed by atoms with Crippen molar-refractivity contribution in [3.63, 3.8) is 0 Å². The van der Waals surface area contributed by atoms with Crippen LogP contribution in [0.15, 0.2) is 81.7 Å². The van der Waals surface area contributed by atoms with Crippen LogP contribution >= 0.6 is 11.3 Å². The number of aromatic nitrogens is 1. The molecular weight excluding hydrogens is 626 g/mol. The Bertz CT molecular complexity index is 2030. The lowest BCUT2D eigenvalue weighted by Gasteiger charge is -2.25. The molecule has 244 valence electrons. The van der Waals surface area contributed by atoms with Crippen LogP contribution in [0.4, 0.5) is 5.69 Å². The van der Waals surface area contributed by atoms with Gasteiger partial charge in [0.05, 0.1) is 54.2 Å². The minimum absolute atomic E-state index is 0.00109. The van der Waals surface area contributed by atoms with Crippen LogP contribution in [-0.4, -0.2) is 42.9 Å². The Hall–Kier alpha value is -5.43. The molecule has 0 bridgehead atoms. The zero-order chi connectivity index (χ0) is 33.7. The van der Waals surface area contributed by atoms with E-state index in [9.17, 15) is 19.7 Å². The van der Waals surface area contributed by atoms with Crippen molar-refractivity contribution >= 4 is 29.1 Å². The zero-order valence-electron chi connectivity index (χ0n) is 26.5. The third-order valence-corrected chi connectivity index (χ3v) is 8.33. The Labute approximate surface area is 273 Å². The van der Waals surface area contributed by atoms with Gasteiger partial charge in [-0.2, -0.15) is 0 Å². The molecule has 0 saturated carbocycles. The smallest absolute Gasteiger partial charge is 0.338 e. The SMILES string of the molecule is CCOC(=O)C1=C(C)N=c2s/c(=C\c3ccc(OCc4ccc([N+](=O)[O-])cc4)c(OC)c3)c(=O)n2[C@H]1c1ccc(OC)c(OCC)c1. The van der Waals surface area contributed by atoms with Gasteiger partial charge < -0.3 is 23.7 Å². The summed E-state index contributed by atoms with van der Waals surface area (Å²) in [7, 11) is 3.05. The first kappa shape index (κ1) is 32.9. The molecule has 12 nitrogen and oxygen atoms in total. The van der Waals surface area contributed by atoms with Crippen molar-refractivity contribution in [2.24, 2.45) is 4.99 Å². The number of nitrogens with zero attached hydrogens (tertiary/aromatic N) is 3. The maximum Gasteiger partial charge on any atom is 0.338 e. The number of hydrogen-bond acceptors (Lipinski definition) is 11. The number of nitro groups is 1. The predicted molar refractivity (Wildman–Crippen MR) is 175 cm³/mol. The average molecular weight is 660 g/mol. The number of rotatable bonds is 12. The van der Waals surface area contributed by atoms with Gasteiger partial charge >= 0.3 is 5.97 Å². The van der Waals surface area contributed by atoms with Gasteiger partial charge in [0, 0.05) is 12.1 Å². The number of carbonyl (C=O) groups is 1. The molecule has 2 heterocycles. The van der Waals surface area contributed by atoms with Crippen LogP contribution in [0.25, 0.3) is 6.08 Å². The van der Waals surface area contributed by atoms with Crippen LogP contribution < -0.4 is 33.8 Å². The van der Waals surface area contributed by atoms with E-state index in [0.717, 1.165) is 5.56 Å². The normalized spacial score (nSPS) is 14.2. The number of non-ortho nitro benzene ring substituents is 1. The summed E-state index contributed by atoms with van der Waals surface area (Å²) in [5.41, 5.74) is 2.44. The zero-order valence-corrected chi connectivity index (χ0v) is 27.3. The van der Waals surface area contributed by atoms with Crippen LogP contribution in [0.1, 0.15) is 43.5 Å². The van der Waals surface area contributed by atoms with E-state index in [0.29, 0.717) is 55.8 Å². The van der Waals surface area contributed by atoms with Crippen LogP contribution in [0, 0.1) is 10.1 Å². The summed E-state index contributed by atoms with van der Waals surface area (Å²) in [4.78, 5) is 42.9. The summed E-state index contributed by atoms with van der Waals surface area (Å²) in [5.74, 6) is 1.35. The summed E-state index contributed by atoms with van der Waals surface area (Å²) < 4.78 is 30.0. The number of ether oxygens (including phenoxy) is 5. The van der Waals surface area contributed by atoms with Gasteiger partial charge in [-0.25, -0.2) is 9.79 Å². The molecule has 0 spiro atoms. The van der Waals surface area contributed by atoms with Crippen LogP contribution in [0.3, 0.4) is 0 Å². The lowest BCUT2D eigenvalue weighted by molar-refractivity contribution is -0.384. The second kappa shape index (κ2) is 14.3. The van der Waals surface area contributed by atoms with Crippen molar-refractivity contribution in [1.29, 1.82) is 0 Å². The second-order valence-corrected chi connectivity index (χ2v) is 11.3. The molecule has 1 aliphatic rings. The minimum Gasteiger partial charge on any atom is -0.493 e. The third kappa shape index (κ3) is 6.89. The first-order chi connectivity index (χ1) is 22.7. The Kier molecular flexibility index (Phi) is 10.0. The Balaban J connectivity index is 1.53. The fraction of sp³-hybridized carbons (Fsp3) is 0.265. The number of nitro benzene ring substituents is 1. The number of benzene rings is 3. The number of esters is 1. The topological polar surface area (TPSA) is 141 Å². The van der Waals surface area contributed by atoms with Gasteiger partial charge in [0.25, 0.3) is 11.2 Å². The van der Waals surface area contributed by atoms with Crippen molar-refractivity contribution in [1.82, 2.24) is 4.57 Å². The molecule has 3 aromatic carbocycles. The van der Waals surface area contributed by atoms with Crippen LogP contribution in [-0.2, 0) is 16.1 Å². The quantitative estimate of drug-likeness (QED) is 0.120. The van der Waals surface area contributed by atoms with Gasteiger partial charge in [0.15, 0.2) is 27.8 Å². The molecule has 47 heavy (non-hydrogen) atoms. The van der Waals surface area contributed by atoms with E-state index in [1.165, 1.54) is 35.1 Å². The number of allylic oxidation sites excluding steroid dienone is 1. The molecule has 0 saturated heterocycles. The van der Waals surface area contributed by atoms with E-state index >= 15 is 0 Å². The first-order valence-corrected chi connectivity index (χ1v) is 15.5. The molecule has 0 N–H and O–H groups in total. The van der Waals surface area contributed by atoms with E-state index in [4.69, 9.17) is 23.7 Å². The Morgan fingerprint density at radius 3 is 2.34 bits per heavy atom.